The molecule has 0 amide bonds. The molecule has 0 spiro atoms. The molecule has 26 heavy (non-hydrogen) atoms. The summed E-state index contributed by atoms with van der Waals surface area (Å²) in [6.45, 7) is 2.37. The first-order chi connectivity index (χ1) is 12.4. The summed E-state index contributed by atoms with van der Waals surface area (Å²) in [6.07, 6.45) is 4.15. The van der Waals surface area contributed by atoms with Crippen LogP contribution in [0.3, 0.4) is 0 Å². The zero-order valence-electron chi connectivity index (χ0n) is 15.1. The van der Waals surface area contributed by atoms with Gasteiger partial charge in [-0.1, -0.05) is 0 Å². The van der Waals surface area contributed by atoms with E-state index in [1.54, 1.807) is 6.07 Å². The van der Waals surface area contributed by atoms with Gasteiger partial charge in [0.1, 0.15) is 0 Å². The molecule has 2 aromatic rings. The molecule has 8 nitrogen and oxygen atoms in total. The molecule has 2 aliphatic rings. The summed E-state index contributed by atoms with van der Waals surface area (Å²) in [4.78, 5) is 27.4. The van der Waals surface area contributed by atoms with Crippen molar-refractivity contribution in [1.29, 1.82) is 0 Å². The van der Waals surface area contributed by atoms with Gasteiger partial charge in [0.15, 0.2) is 5.65 Å². The Balaban J connectivity index is 0.000000613. The second kappa shape index (κ2) is 7.59. The Labute approximate surface area is 151 Å². The maximum absolute atomic E-state index is 12.2. The summed E-state index contributed by atoms with van der Waals surface area (Å²) in [5.74, 6) is 1.34. The van der Waals surface area contributed by atoms with Crippen molar-refractivity contribution in [3.8, 4) is 0 Å². The predicted molar refractivity (Wildman–Crippen MR) is 96.0 cm³/mol. The first-order valence-corrected chi connectivity index (χ1v) is 8.95. The van der Waals surface area contributed by atoms with Crippen LogP contribution in [0.5, 0.6) is 0 Å². The average molecular weight is 362 g/mol. The Kier molecular flexibility index (Phi) is 5.43. The summed E-state index contributed by atoms with van der Waals surface area (Å²) >= 11 is 0. The third kappa shape index (κ3) is 3.81. The molecule has 0 radical (unpaired) electrons. The Hall–Kier alpha value is -2.19. The Bertz CT molecular complexity index is 816. The van der Waals surface area contributed by atoms with Gasteiger partial charge in [0, 0.05) is 30.4 Å². The number of aliphatic hydroxyl groups is 1. The predicted octanol–water partition coefficient (Wildman–Crippen LogP) is 1.01. The van der Waals surface area contributed by atoms with E-state index < -0.39 is 0 Å². The number of fused-ring (bicyclic) bond motifs is 2. The molecule has 2 unspecified atom stereocenters. The molecule has 0 aliphatic heterocycles. The Morgan fingerprint density at radius 3 is 2.54 bits per heavy atom. The van der Waals surface area contributed by atoms with E-state index in [9.17, 15) is 9.90 Å². The Morgan fingerprint density at radius 1 is 1.31 bits per heavy atom. The van der Waals surface area contributed by atoms with E-state index in [0.29, 0.717) is 30.1 Å². The summed E-state index contributed by atoms with van der Waals surface area (Å²) in [5.41, 5.74) is 2.39. The Morgan fingerprint density at radius 2 is 1.92 bits per heavy atom. The van der Waals surface area contributed by atoms with Crippen LogP contribution in [-0.4, -0.2) is 55.4 Å². The number of aryl methyl sites for hydroxylation is 1. The van der Waals surface area contributed by atoms with Crippen molar-refractivity contribution in [1.82, 2.24) is 19.5 Å². The van der Waals surface area contributed by atoms with Crippen LogP contribution in [0.4, 0.5) is 0 Å². The number of carboxylic acid groups (broad SMARTS) is 1. The molecular weight excluding hydrogens is 336 g/mol. The number of hydrogen-bond donors (Lipinski definition) is 3. The van der Waals surface area contributed by atoms with Gasteiger partial charge in [0.05, 0.1) is 11.8 Å². The third-order valence-electron chi connectivity index (χ3n) is 5.63. The van der Waals surface area contributed by atoms with Crippen molar-refractivity contribution in [2.45, 2.75) is 51.3 Å². The maximum Gasteiger partial charge on any atom is 0.290 e. The quantitative estimate of drug-likeness (QED) is 0.703. The molecule has 142 valence electrons. The number of aromatic nitrogens is 3. The van der Waals surface area contributed by atoms with Gasteiger partial charge in [0.2, 0.25) is 0 Å². The second-order valence-corrected chi connectivity index (χ2v) is 7.51. The highest BCUT2D eigenvalue weighted by molar-refractivity contribution is 5.39. The van der Waals surface area contributed by atoms with Crippen LogP contribution in [-0.2, 0) is 11.3 Å². The molecule has 2 fully saturated rings. The van der Waals surface area contributed by atoms with Crippen LogP contribution in [0.1, 0.15) is 37.1 Å². The van der Waals surface area contributed by atoms with E-state index in [2.05, 4.69) is 22.0 Å². The molecule has 2 aliphatic carbocycles. The maximum atomic E-state index is 12.2. The van der Waals surface area contributed by atoms with Gasteiger partial charge in [-0.3, -0.25) is 19.6 Å². The smallest absolute Gasteiger partial charge is 0.290 e. The van der Waals surface area contributed by atoms with Crippen LogP contribution < -0.4 is 5.56 Å². The SMILES string of the molecule is Cc1cc2nc(CN(C)C3C[C@H]4CC(O)C[C@H]4C3)cc(=O)n2[nH]1.O=CO. The minimum Gasteiger partial charge on any atom is -0.483 e. The minimum atomic E-state index is -0.250. The number of nitrogens with one attached hydrogen (secondary N) is 1. The monoisotopic (exact) mass is 362 g/mol. The molecule has 0 saturated heterocycles. The van der Waals surface area contributed by atoms with E-state index in [-0.39, 0.29) is 18.1 Å². The molecule has 2 heterocycles. The molecule has 3 N–H and O–H groups in total. The largest absolute Gasteiger partial charge is 0.483 e. The first kappa shape index (κ1) is 18.6. The van der Waals surface area contributed by atoms with Crippen LogP contribution >= 0.6 is 0 Å². The molecule has 4 atom stereocenters. The van der Waals surface area contributed by atoms with Crippen molar-refractivity contribution in [3.63, 3.8) is 0 Å². The summed E-state index contributed by atoms with van der Waals surface area (Å²) in [7, 11) is 2.12. The fourth-order valence-corrected chi connectivity index (χ4v) is 4.54. The minimum absolute atomic E-state index is 0.0575. The van der Waals surface area contributed by atoms with Crippen LogP contribution in [0.25, 0.3) is 5.65 Å². The van der Waals surface area contributed by atoms with E-state index >= 15 is 0 Å². The number of aliphatic hydroxyl groups excluding tert-OH is 1. The van der Waals surface area contributed by atoms with Crippen LogP contribution in [0, 0.1) is 18.8 Å². The average Bonchev–Trinajstić information content (AvgIpc) is 3.20. The number of hydrogen-bond acceptors (Lipinski definition) is 5. The number of aromatic amines is 1. The first-order valence-electron chi connectivity index (χ1n) is 8.95. The fourth-order valence-electron chi connectivity index (χ4n) is 4.54. The highest BCUT2D eigenvalue weighted by Gasteiger charge is 2.42. The van der Waals surface area contributed by atoms with Crippen molar-refractivity contribution in [3.05, 3.63) is 33.9 Å². The number of carbonyl (C=O) groups is 1. The number of H-pyrrole nitrogens is 1. The number of nitrogens with zero attached hydrogens (tertiary/aromatic N) is 3. The molecule has 2 saturated carbocycles. The zero-order chi connectivity index (χ0) is 18.8. The fraction of sp³-hybridized carbons (Fsp3) is 0.611. The highest BCUT2D eigenvalue weighted by Crippen LogP contribution is 2.45. The van der Waals surface area contributed by atoms with E-state index in [0.717, 1.165) is 37.1 Å². The van der Waals surface area contributed by atoms with Crippen LogP contribution in [0.15, 0.2) is 16.9 Å². The third-order valence-corrected chi connectivity index (χ3v) is 5.63. The molecule has 4 rings (SSSR count). The van der Waals surface area contributed by atoms with Gasteiger partial charge in [-0.2, -0.15) is 0 Å². The van der Waals surface area contributed by atoms with Gasteiger partial charge < -0.3 is 10.2 Å². The van der Waals surface area contributed by atoms with Crippen LogP contribution in [0.2, 0.25) is 0 Å². The molecule has 8 heteroatoms. The molecule has 2 aromatic heterocycles. The number of rotatable bonds is 3. The summed E-state index contributed by atoms with van der Waals surface area (Å²) < 4.78 is 1.49. The lowest BCUT2D eigenvalue weighted by molar-refractivity contribution is -0.122. The standard InChI is InChI=1S/C17H24N4O2.CH2O2/c1-10-3-16-18-13(8-17(23)21(16)19-10)9-20(2)14-4-11-6-15(22)7-12(11)5-14;2-1-3/h3,8,11-12,14-15,19,22H,4-7,9H2,1-2H3;1H,(H,2,3)/t11-,12+,14?,15?;. The summed E-state index contributed by atoms with van der Waals surface area (Å²) in [5, 5.41) is 19.7. The summed E-state index contributed by atoms with van der Waals surface area (Å²) in [6, 6.07) is 4.05. The lowest BCUT2D eigenvalue weighted by Gasteiger charge is -2.25. The normalized spacial score (nSPS) is 27.4. The van der Waals surface area contributed by atoms with Crippen molar-refractivity contribution in [2.24, 2.45) is 11.8 Å². The van der Waals surface area contributed by atoms with Crippen molar-refractivity contribution >= 4 is 12.1 Å². The van der Waals surface area contributed by atoms with E-state index in [4.69, 9.17) is 9.90 Å². The molecule has 0 bridgehead atoms. The topological polar surface area (TPSA) is 111 Å². The highest BCUT2D eigenvalue weighted by atomic mass is 16.3. The zero-order valence-corrected chi connectivity index (χ0v) is 15.1. The molecule has 0 aromatic carbocycles. The second-order valence-electron chi connectivity index (χ2n) is 7.51. The van der Waals surface area contributed by atoms with E-state index in [1.807, 2.05) is 13.0 Å². The van der Waals surface area contributed by atoms with E-state index in [1.165, 1.54) is 4.52 Å². The van der Waals surface area contributed by atoms with Gasteiger partial charge in [-0.05, 0) is 51.5 Å². The van der Waals surface area contributed by atoms with Crippen molar-refractivity contribution in [2.75, 3.05) is 7.05 Å². The van der Waals surface area contributed by atoms with Gasteiger partial charge in [-0.15, -0.1) is 0 Å². The van der Waals surface area contributed by atoms with Gasteiger partial charge in [0.25, 0.3) is 12.0 Å². The lowest BCUT2D eigenvalue weighted by Crippen LogP contribution is -2.31. The lowest BCUT2D eigenvalue weighted by atomic mass is 10.0. The van der Waals surface area contributed by atoms with Gasteiger partial charge in [-0.25, -0.2) is 9.50 Å². The molecular formula is C18H26N4O4. The van der Waals surface area contributed by atoms with Gasteiger partial charge >= 0.3 is 0 Å². The van der Waals surface area contributed by atoms with Crippen molar-refractivity contribution < 1.29 is 15.0 Å².